The van der Waals surface area contributed by atoms with Crippen molar-refractivity contribution < 1.29 is 8.95 Å². The smallest absolute Gasteiger partial charge is 0.238 e. The lowest BCUT2D eigenvalue weighted by atomic mass is 9.75. The van der Waals surface area contributed by atoms with Gasteiger partial charge in [0.25, 0.3) is 0 Å². The van der Waals surface area contributed by atoms with E-state index in [0.29, 0.717) is 23.3 Å². The Morgan fingerprint density at radius 2 is 1.81 bits per heavy atom. The maximum absolute atomic E-state index is 13.5. The molecule has 3 heterocycles. The maximum Gasteiger partial charge on any atom is 0.238 e. The van der Waals surface area contributed by atoms with Gasteiger partial charge in [0.2, 0.25) is 11.8 Å². The van der Waals surface area contributed by atoms with E-state index in [1.54, 1.807) is 0 Å². The van der Waals surface area contributed by atoms with Crippen molar-refractivity contribution in [3.63, 3.8) is 0 Å². The van der Waals surface area contributed by atoms with Crippen LogP contribution in [0.15, 0.2) is 65.8 Å². The Hall–Kier alpha value is -3.52. The molecule has 1 aliphatic rings. The van der Waals surface area contributed by atoms with E-state index in [4.69, 9.17) is 19.8 Å². The molecule has 0 saturated carbocycles. The Morgan fingerprint density at radius 1 is 1.07 bits per heavy atom. The SMILES string of the molecule is Cc1cccc(C)c1-c1cc2nc(n1)NS(=O)c1cccc(c1)CCC(c1cnn(CC(C)C)c1)[C@H](CC(C)(C)C)CO2. The van der Waals surface area contributed by atoms with E-state index in [9.17, 15) is 4.21 Å². The van der Waals surface area contributed by atoms with Gasteiger partial charge in [-0.2, -0.15) is 10.1 Å². The lowest BCUT2D eigenvalue weighted by Gasteiger charge is -2.32. The minimum Gasteiger partial charge on any atom is -0.477 e. The summed E-state index contributed by atoms with van der Waals surface area (Å²) in [6, 6.07) is 16.2. The maximum atomic E-state index is 13.5. The number of rotatable bonds is 5. The molecule has 0 aliphatic carbocycles. The molecule has 5 rings (SSSR count). The molecule has 0 saturated heterocycles. The molecule has 43 heavy (non-hydrogen) atoms. The molecule has 3 atom stereocenters. The van der Waals surface area contributed by atoms with Crippen molar-refractivity contribution in [1.29, 1.82) is 0 Å². The molecule has 8 heteroatoms. The van der Waals surface area contributed by atoms with Crippen LogP contribution in [-0.2, 0) is 24.0 Å². The van der Waals surface area contributed by atoms with Crippen molar-refractivity contribution in [2.75, 3.05) is 11.3 Å². The van der Waals surface area contributed by atoms with Gasteiger partial charge in [0.15, 0.2) is 11.0 Å². The first-order valence-corrected chi connectivity index (χ1v) is 16.5. The molecule has 7 nitrogen and oxygen atoms in total. The zero-order valence-electron chi connectivity index (χ0n) is 26.6. The lowest BCUT2D eigenvalue weighted by molar-refractivity contribution is 0.163. The van der Waals surface area contributed by atoms with Crippen LogP contribution in [0.4, 0.5) is 5.95 Å². The average Bonchev–Trinajstić information content (AvgIpc) is 3.38. The van der Waals surface area contributed by atoms with Gasteiger partial charge >= 0.3 is 0 Å². The number of aromatic nitrogens is 4. The molecule has 1 aliphatic heterocycles. The molecule has 0 radical (unpaired) electrons. The minimum absolute atomic E-state index is 0.101. The quantitative estimate of drug-likeness (QED) is 0.252. The van der Waals surface area contributed by atoms with Crippen molar-refractivity contribution in [2.24, 2.45) is 17.3 Å². The van der Waals surface area contributed by atoms with Gasteiger partial charge in [0.1, 0.15) is 0 Å². The number of fused-ring (bicyclic) bond motifs is 4. The summed E-state index contributed by atoms with van der Waals surface area (Å²) in [5, 5.41) is 4.74. The Kier molecular flexibility index (Phi) is 9.35. The van der Waals surface area contributed by atoms with Gasteiger partial charge in [-0.25, -0.2) is 9.19 Å². The fraction of sp³-hybridized carbons (Fsp3) is 0.457. The molecule has 0 fully saturated rings. The first kappa shape index (κ1) is 30.9. The molecular formula is C35H45N5O2S. The average molecular weight is 600 g/mol. The molecule has 4 aromatic rings. The minimum atomic E-state index is -1.53. The molecule has 4 bridgehead atoms. The highest BCUT2D eigenvalue weighted by Crippen LogP contribution is 2.38. The van der Waals surface area contributed by atoms with Crippen molar-refractivity contribution in [3.8, 4) is 17.1 Å². The van der Waals surface area contributed by atoms with Crippen LogP contribution >= 0.6 is 0 Å². The molecule has 0 spiro atoms. The third kappa shape index (κ3) is 7.91. The standard InChI is InChI=1S/C35H45N5O2S/c1-23(2)20-40-21-28(19-36-40)30-15-14-26-12-9-13-29(16-26)43(41)39-34-37-31(33-24(3)10-8-11-25(33)4)17-32(38-34)42-22-27(30)18-35(5,6)7/h8-13,16-17,19,21,23,27,30H,14-15,18,20,22H2,1-7H3,(H,37,38,39)/t27-,30?,43?/m1/s1. The van der Waals surface area contributed by atoms with Gasteiger partial charge in [-0.15, -0.1) is 0 Å². The Labute approximate surface area is 259 Å². The normalized spacial score (nSPS) is 19.4. The van der Waals surface area contributed by atoms with Crippen molar-refractivity contribution in [2.45, 2.75) is 85.1 Å². The van der Waals surface area contributed by atoms with Gasteiger partial charge in [0, 0.05) is 30.3 Å². The molecule has 1 N–H and O–H groups in total. The topological polar surface area (TPSA) is 81.9 Å². The number of nitrogens with zero attached hydrogens (tertiary/aromatic N) is 4. The monoisotopic (exact) mass is 599 g/mol. The van der Waals surface area contributed by atoms with Gasteiger partial charge < -0.3 is 4.74 Å². The third-order valence-corrected chi connectivity index (χ3v) is 9.05. The first-order chi connectivity index (χ1) is 20.4. The lowest BCUT2D eigenvalue weighted by Crippen LogP contribution is -2.26. The molecular weight excluding hydrogens is 554 g/mol. The summed E-state index contributed by atoms with van der Waals surface area (Å²) in [7, 11) is -1.53. The Bertz CT molecular complexity index is 1570. The van der Waals surface area contributed by atoms with Crippen LogP contribution < -0.4 is 9.46 Å². The van der Waals surface area contributed by atoms with Gasteiger partial charge in [-0.1, -0.05) is 65.0 Å². The summed E-state index contributed by atoms with van der Waals surface area (Å²) >= 11 is 0. The zero-order valence-corrected chi connectivity index (χ0v) is 27.4. The largest absolute Gasteiger partial charge is 0.477 e. The van der Waals surface area contributed by atoms with Crippen molar-refractivity contribution >= 4 is 16.9 Å². The van der Waals surface area contributed by atoms with Gasteiger partial charge in [0.05, 0.1) is 23.4 Å². The fourth-order valence-electron chi connectivity index (χ4n) is 6.19. The summed E-state index contributed by atoms with van der Waals surface area (Å²) in [5.74, 6) is 1.74. The number of aryl methyl sites for hydroxylation is 3. The van der Waals surface area contributed by atoms with Crippen LogP contribution in [-0.4, -0.2) is 30.6 Å². The second-order valence-electron chi connectivity index (χ2n) is 13.6. The van der Waals surface area contributed by atoms with E-state index in [-0.39, 0.29) is 23.2 Å². The van der Waals surface area contributed by atoms with Crippen LogP contribution in [0.25, 0.3) is 11.3 Å². The van der Waals surface area contributed by atoms with Crippen LogP contribution in [0, 0.1) is 31.1 Å². The predicted octanol–water partition coefficient (Wildman–Crippen LogP) is 7.91. The molecule has 228 valence electrons. The van der Waals surface area contributed by atoms with E-state index in [1.165, 1.54) is 5.56 Å². The van der Waals surface area contributed by atoms with Crippen LogP contribution in [0.3, 0.4) is 0 Å². The number of benzene rings is 2. The molecule has 0 amide bonds. The van der Waals surface area contributed by atoms with E-state index >= 15 is 0 Å². The summed E-state index contributed by atoms with van der Waals surface area (Å²) in [6.07, 6.45) is 7.05. The summed E-state index contributed by atoms with van der Waals surface area (Å²) in [5.41, 5.74) is 6.51. The number of hydrogen-bond donors (Lipinski definition) is 1. The van der Waals surface area contributed by atoms with E-state index in [1.807, 2.05) is 36.5 Å². The van der Waals surface area contributed by atoms with Crippen molar-refractivity contribution in [1.82, 2.24) is 19.7 Å². The first-order valence-electron chi connectivity index (χ1n) is 15.3. The number of anilines is 1. The Balaban J connectivity index is 1.60. The fourth-order valence-corrected chi connectivity index (χ4v) is 7.02. The van der Waals surface area contributed by atoms with Gasteiger partial charge in [-0.05, 0) is 84.7 Å². The molecule has 2 aromatic carbocycles. The van der Waals surface area contributed by atoms with Gasteiger partial charge in [-0.3, -0.25) is 9.40 Å². The highest BCUT2D eigenvalue weighted by molar-refractivity contribution is 7.86. The van der Waals surface area contributed by atoms with E-state index in [2.05, 4.69) is 82.3 Å². The van der Waals surface area contributed by atoms with Crippen molar-refractivity contribution in [3.05, 3.63) is 83.2 Å². The van der Waals surface area contributed by atoms with E-state index in [0.717, 1.165) is 53.8 Å². The number of ether oxygens (including phenoxy) is 1. The van der Waals surface area contributed by atoms with Crippen LogP contribution in [0.5, 0.6) is 5.88 Å². The highest BCUT2D eigenvalue weighted by Gasteiger charge is 2.30. The molecule has 2 unspecified atom stereocenters. The summed E-state index contributed by atoms with van der Waals surface area (Å²) < 4.78 is 25.2. The zero-order chi connectivity index (χ0) is 30.7. The second kappa shape index (κ2) is 13.0. The highest BCUT2D eigenvalue weighted by atomic mass is 32.2. The second-order valence-corrected chi connectivity index (χ2v) is 14.8. The number of hydrogen-bond acceptors (Lipinski definition) is 5. The Morgan fingerprint density at radius 3 is 2.53 bits per heavy atom. The van der Waals surface area contributed by atoms with E-state index < -0.39 is 11.0 Å². The number of nitrogens with one attached hydrogen (secondary N) is 1. The summed E-state index contributed by atoms with van der Waals surface area (Å²) in [4.78, 5) is 10.2. The predicted molar refractivity (Wildman–Crippen MR) is 175 cm³/mol. The third-order valence-electron chi connectivity index (χ3n) is 8.00. The molecule has 2 aromatic heterocycles. The van der Waals surface area contributed by atoms with Crippen LogP contribution in [0.1, 0.15) is 75.6 Å². The summed E-state index contributed by atoms with van der Waals surface area (Å²) in [6.45, 7) is 16.9. The van der Waals surface area contributed by atoms with Crippen LogP contribution in [0.2, 0.25) is 0 Å².